The maximum atomic E-state index is 13.0. The molecule has 2 aromatic heterocycles. The molecule has 0 unspecified atom stereocenters. The first kappa shape index (κ1) is 17.5. The Morgan fingerprint density at radius 3 is 2.78 bits per heavy atom. The number of hydrogen-bond acceptors (Lipinski definition) is 4. The van der Waals surface area contributed by atoms with Gasteiger partial charge in [-0.3, -0.25) is 9.48 Å². The molecule has 1 aliphatic heterocycles. The van der Waals surface area contributed by atoms with Crippen LogP contribution in [-0.4, -0.2) is 42.1 Å². The van der Waals surface area contributed by atoms with Crippen molar-refractivity contribution in [2.45, 2.75) is 45.8 Å². The number of amides is 1. The van der Waals surface area contributed by atoms with Crippen LogP contribution in [0.2, 0.25) is 0 Å². The van der Waals surface area contributed by atoms with Crippen LogP contribution in [0.25, 0.3) is 0 Å². The van der Waals surface area contributed by atoms with Crippen molar-refractivity contribution in [2.24, 2.45) is 0 Å². The fraction of sp³-hybridized carbons (Fsp3) is 0.400. The molecule has 27 heavy (non-hydrogen) atoms. The number of carbonyl (C=O) groups is 1. The van der Waals surface area contributed by atoms with Crippen LogP contribution >= 0.6 is 0 Å². The molecule has 4 rings (SSSR count). The quantitative estimate of drug-likeness (QED) is 0.698. The van der Waals surface area contributed by atoms with Gasteiger partial charge in [-0.15, -0.1) is 5.10 Å². The van der Waals surface area contributed by atoms with Crippen molar-refractivity contribution in [1.82, 2.24) is 29.7 Å². The third-order valence-electron chi connectivity index (χ3n) is 4.95. The molecule has 1 amide bonds. The van der Waals surface area contributed by atoms with E-state index in [9.17, 15) is 4.79 Å². The first-order chi connectivity index (χ1) is 13.2. The first-order valence-electron chi connectivity index (χ1n) is 9.51. The number of benzene rings is 1. The van der Waals surface area contributed by atoms with Crippen molar-refractivity contribution < 1.29 is 4.79 Å². The molecule has 0 saturated carbocycles. The van der Waals surface area contributed by atoms with Crippen LogP contribution in [0.1, 0.15) is 47.1 Å². The van der Waals surface area contributed by atoms with Crippen molar-refractivity contribution >= 4 is 5.91 Å². The zero-order valence-electron chi connectivity index (χ0n) is 15.6. The van der Waals surface area contributed by atoms with Crippen LogP contribution in [0.5, 0.6) is 0 Å². The summed E-state index contributed by atoms with van der Waals surface area (Å²) >= 11 is 0. The fourth-order valence-corrected chi connectivity index (χ4v) is 3.52. The molecule has 1 aliphatic rings. The van der Waals surface area contributed by atoms with E-state index < -0.39 is 0 Å². The number of aryl methyl sites for hydroxylation is 2. The number of carbonyl (C=O) groups excluding carboxylic acids is 1. The molecule has 140 valence electrons. The van der Waals surface area contributed by atoms with E-state index in [1.54, 1.807) is 6.20 Å². The number of fused-ring (bicyclic) bond motifs is 1. The summed E-state index contributed by atoms with van der Waals surface area (Å²) in [4.78, 5) is 14.9. The highest BCUT2D eigenvalue weighted by molar-refractivity contribution is 5.94. The summed E-state index contributed by atoms with van der Waals surface area (Å²) in [6.07, 6.45) is 6.68. The molecule has 0 spiro atoms. The molecule has 0 aliphatic carbocycles. The van der Waals surface area contributed by atoms with Gasteiger partial charge in [0.2, 0.25) is 0 Å². The van der Waals surface area contributed by atoms with Crippen LogP contribution in [0, 0.1) is 0 Å². The largest absolute Gasteiger partial charge is 0.333 e. The van der Waals surface area contributed by atoms with Gasteiger partial charge < -0.3 is 4.90 Å². The summed E-state index contributed by atoms with van der Waals surface area (Å²) < 4.78 is 3.75. The van der Waals surface area contributed by atoms with Crippen molar-refractivity contribution in [2.75, 3.05) is 6.54 Å². The fourth-order valence-electron chi connectivity index (χ4n) is 3.52. The van der Waals surface area contributed by atoms with Gasteiger partial charge in [0.1, 0.15) is 5.69 Å². The molecule has 1 aromatic carbocycles. The highest BCUT2D eigenvalue weighted by Crippen LogP contribution is 2.18. The van der Waals surface area contributed by atoms with Gasteiger partial charge >= 0.3 is 0 Å². The third kappa shape index (κ3) is 3.77. The smallest absolute Gasteiger partial charge is 0.254 e. The third-order valence-corrected chi connectivity index (χ3v) is 4.95. The van der Waals surface area contributed by atoms with E-state index in [0.717, 1.165) is 49.3 Å². The Kier molecular flexibility index (Phi) is 5.00. The Hall–Kier alpha value is -2.96. The molecule has 3 aromatic rings. The topological polar surface area (TPSA) is 68.8 Å². The minimum Gasteiger partial charge on any atom is -0.333 e. The summed E-state index contributed by atoms with van der Waals surface area (Å²) in [5, 5.41) is 12.9. The lowest BCUT2D eigenvalue weighted by molar-refractivity contribution is 0.0745. The zero-order chi connectivity index (χ0) is 18.6. The molecule has 0 radical (unpaired) electrons. The van der Waals surface area contributed by atoms with E-state index in [1.165, 1.54) is 5.56 Å². The van der Waals surface area contributed by atoms with Gasteiger partial charge in [-0.2, -0.15) is 5.10 Å². The predicted octanol–water partition coefficient (Wildman–Crippen LogP) is 2.52. The molecule has 0 bridgehead atoms. The Morgan fingerprint density at radius 1 is 1.19 bits per heavy atom. The van der Waals surface area contributed by atoms with E-state index in [1.807, 2.05) is 38.7 Å². The molecule has 0 N–H and O–H groups in total. The monoisotopic (exact) mass is 364 g/mol. The summed E-state index contributed by atoms with van der Waals surface area (Å²) in [5.41, 5.74) is 3.88. The average molecular weight is 364 g/mol. The second-order valence-electron chi connectivity index (χ2n) is 6.94. The summed E-state index contributed by atoms with van der Waals surface area (Å²) in [7, 11) is 0. The van der Waals surface area contributed by atoms with Gasteiger partial charge in [0.25, 0.3) is 5.91 Å². The van der Waals surface area contributed by atoms with Gasteiger partial charge in [0, 0.05) is 31.0 Å². The van der Waals surface area contributed by atoms with E-state index in [2.05, 4.69) is 34.5 Å². The van der Waals surface area contributed by atoms with E-state index in [0.29, 0.717) is 13.1 Å². The zero-order valence-corrected chi connectivity index (χ0v) is 15.6. The Balaban J connectivity index is 1.53. The Bertz CT molecular complexity index is 897. The highest BCUT2D eigenvalue weighted by atomic mass is 16.2. The van der Waals surface area contributed by atoms with E-state index in [4.69, 9.17) is 0 Å². The SMILES string of the molecule is CCCc1ccc(C(=O)N2CCCn3nnc(Cn4cccn4)c3C2)cc1. The van der Waals surface area contributed by atoms with Crippen molar-refractivity contribution in [1.29, 1.82) is 0 Å². The molecule has 0 atom stereocenters. The second-order valence-corrected chi connectivity index (χ2v) is 6.94. The lowest BCUT2D eigenvalue weighted by Gasteiger charge is -2.20. The van der Waals surface area contributed by atoms with Gasteiger partial charge in [0.15, 0.2) is 0 Å². The van der Waals surface area contributed by atoms with Gasteiger partial charge in [0.05, 0.1) is 18.8 Å². The van der Waals surface area contributed by atoms with E-state index in [-0.39, 0.29) is 5.91 Å². The van der Waals surface area contributed by atoms with Crippen LogP contribution in [-0.2, 0) is 26.1 Å². The maximum absolute atomic E-state index is 13.0. The predicted molar refractivity (Wildman–Crippen MR) is 101 cm³/mol. The van der Waals surface area contributed by atoms with Crippen LogP contribution in [0.4, 0.5) is 0 Å². The number of hydrogen-bond donors (Lipinski definition) is 0. The molecule has 7 nitrogen and oxygen atoms in total. The van der Waals surface area contributed by atoms with Gasteiger partial charge in [-0.1, -0.05) is 30.7 Å². The average Bonchev–Trinajstić information content (AvgIpc) is 3.27. The highest BCUT2D eigenvalue weighted by Gasteiger charge is 2.24. The molecule has 0 saturated heterocycles. The molecule has 3 heterocycles. The minimum atomic E-state index is 0.0673. The molecule has 0 fully saturated rings. The molecular weight excluding hydrogens is 340 g/mol. The van der Waals surface area contributed by atoms with Gasteiger partial charge in [-0.25, -0.2) is 4.68 Å². The Labute approximate surface area is 158 Å². The number of rotatable bonds is 5. The van der Waals surface area contributed by atoms with Crippen molar-refractivity contribution in [3.8, 4) is 0 Å². The molecular formula is C20H24N6O. The summed E-state index contributed by atoms with van der Waals surface area (Å²) in [6, 6.07) is 9.89. The lowest BCUT2D eigenvalue weighted by atomic mass is 10.1. The van der Waals surface area contributed by atoms with Crippen LogP contribution in [0.15, 0.2) is 42.7 Å². The Morgan fingerprint density at radius 2 is 2.04 bits per heavy atom. The first-order valence-corrected chi connectivity index (χ1v) is 9.51. The summed E-state index contributed by atoms with van der Waals surface area (Å²) in [6.45, 7) is 4.75. The normalized spacial score (nSPS) is 14.0. The number of nitrogens with zero attached hydrogens (tertiary/aromatic N) is 6. The number of aromatic nitrogens is 5. The summed E-state index contributed by atoms with van der Waals surface area (Å²) in [5.74, 6) is 0.0673. The van der Waals surface area contributed by atoms with Gasteiger partial charge in [-0.05, 0) is 36.6 Å². The second kappa shape index (κ2) is 7.73. The lowest BCUT2D eigenvalue weighted by Crippen LogP contribution is -2.31. The van der Waals surface area contributed by atoms with Crippen LogP contribution < -0.4 is 0 Å². The van der Waals surface area contributed by atoms with E-state index >= 15 is 0 Å². The molecule has 7 heteroatoms. The van der Waals surface area contributed by atoms with Crippen molar-refractivity contribution in [3.63, 3.8) is 0 Å². The standard InChI is InChI=1S/C20H24N6O/c1-2-5-16-6-8-17(9-7-16)20(27)24-11-4-13-26-19(15-24)18(22-23-26)14-25-12-3-10-21-25/h3,6-10,12H,2,4-5,11,13-15H2,1H3. The van der Waals surface area contributed by atoms with Crippen molar-refractivity contribution in [3.05, 3.63) is 65.2 Å². The minimum absolute atomic E-state index is 0.0673. The van der Waals surface area contributed by atoms with Crippen LogP contribution in [0.3, 0.4) is 0 Å². The maximum Gasteiger partial charge on any atom is 0.254 e.